The Bertz CT molecular complexity index is 1140. The van der Waals surface area contributed by atoms with E-state index in [2.05, 4.69) is 49.2 Å². The predicted molar refractivity (Wildman–Crippen MR) is 118 cm³/mol. The zero-order valence-electron chi connectivity index (χ0n) is 17.3. The number of hydrogen-bond donors (Lipinski definition) is 0. The van der Waals surface area contributed by atoms with Gasteiger partial charge in [0.05, 0.1) is 12.9 Å². The number of nitrogens with zero attached hydrogens (tertiary/aromatic N) is 5. The summed E-state index contributed by atoms with van der Waals surface area (Å²) in [5.74, 6) is 4.19. The standard InChI is InChI=1S/C23H23N5O2S/c1-29-19-11-9-17(10-12-19)21-25-26-23(28(21)14-13-16-5-3-2-4-6-16)31-15-20-24-22(30-27-20)18-7-8-18/h2-6,9-12,18H,7-8,13-15H2,1H3. The predicted octanol–water partition coefficient (Wildman–Crippen LogP) is 4.75. The molecule has 8 heteroatoms. The first-order chi connectivity index (χ1) is 15.3. The van der Waals surface area contributed by atoms with Crippen molar-refractivity contribution in [2.45, 2.75) is 42.6 Å². The SMILES string of the molecule is COc1ccc(-c2nnc(SCc3noc(C4CC4)n3)n2CCc2ccccc2)cc1. The topological polar surface area (TPSA) is 78.9 Å². The molecule has 1 aliphatic rings. The second-order valence-corrected chi connectivity index (χ2v) is 8.48. The number of aromatic nitrogens is 5. The summed E-state index contributed by atoms with van der Waals surface area (Å²) < 4.78 is 12.8. The zero-order valence-corrected chi connectivity index (χ0v) is 18.1. The second-order valence-electron chi connectivity index (χ2n) is 7.53. The number of rotatable bonds is 9. The first-order valence-corrected chi connectivity index (χ1v) is 11.4. The normalized spacial score (nSPS) is 13.5. The Morgan fingerprint density at radius 1 is 1.06 bits per heavy atom. The Morgan fingerprint density at radius 3 is 2.61 bits per heavy atom. The van der Waals surface area contributed by atoms with E-state index >= 15 is 0 Å². The maximum atomic E-state index is 5.38. The Morgan fingerprint density at radius 2 is 1.87 bits per heavy atom. The molecule has 1 fully saturated rings. The van der Waals surface area contributed by atoms with E-state index in [1.807, 2.05) is 30.3 Å². The molecule has 0 atom stereocenters. The van der Waals surface area contributed by atoms with Gasteiger partial charge in [0, 0.05) is 18.0 Å². The van der Waals surface area contributed by atoms with Crippen LogP contribution < -0.4 is 4.74 Å². The van der Waals surface area contributed by atoms with Crippen LogP contribution in [0.5, 0.6) is 5.75 Å². The smallest absolute Gasteiger partial charge is 0.229 e. The van der Waals surface area contributed by atoms with Crippen molar-refractivity contribution in [3.63, 3.8) is 0 Å². The molecule has 0 aliphatic heterocycles. The van der Waals surface area contributed by atoms with Gasteiger partial charge in [-0.2, -0.15) is 4.98 Å². The Labute approximate surface area is 184 Å². The van der Waals surface area contributed by atoms with Gasteiger partial charge in [0.15, 0.2) is 16.8 Å². The van der Waals surface area contributed by atoms with Gasteiger partial charge >= 0.3 is 0 Å². The molecule has 2 aromatic carbocycles. The van der Waals surface area contributed by atoms with Crippen LogP contribution in [0.1, 0.15) is 36.0 Å². The summed E-state index contributed by atoms with van der Waals surface area (Å²) in [6.07, 6.45) is 3.19. The minimum atomic E-state index is 0.461. The highest BCUT2D eigenvalue weighted by Gasteiger charge is 2.29. The number of hydrogen-bond acceptors (Lipinski definition) is 7. The van der Waals surface area contributed by atoms with Gasteiger partial charge in [-0.3, -0.25) is 0 Å². The lowest BCUT2D eigenvalue weighted by atomic mass is 10.1. The third kappa shape index (κ3) is 4.64. The van der Waals surface area contributed by atoms with Crippen LogP contribution in [0.4, 0.5) is 0 Å². The van der Waals surface area contributed by atoms with Crippen molar-refractivity contribution in [2.75, 3.05) is 7.11 Å². The molecule has 2 heterocycles. The van der Waals surface area contributed by atoms with Crippen molar-refractivity contribution < 1.29 is 9.26 Å². The molecular weight excluding hydrogens is 410 g/mol. The summed E-state index contributed by atoms with van der Waals surface area (Å²) in [5.41, 5.74) is 2.28. The van der Waals surface area contributed by atoms with E-state index in [1.54, 1.807) is 18.9 Å². The van der Waals surface area contributed by atoms with Crippen molar-refractivity contribution in [1.82, 2.24) is 24.9 Å². The van der Waals surface area contributed by atoms with Crippen LogP contribution in [0, 0.1) is 0 Å². The van der Waals surface area contributed by atoms with Gasteiger partial charge in [-0.25, -0.2) is 0 Å². The molecule has 0 bridgehead atoms. The molecule has 0 unspecified atom stereocenters. The van der Waals surface area contributed by atoms with Crippen molar-refractivity contribution in [2.24, 2.45) is 0 Å². The van der Waals surface area contributed by atoms with Crippen LogP contribution in [0.15, 0.2) is 64.3 Å². The van der Waals surface area contributed by atoms with Gasteiger partial charge in [-0.15, -0.1) is 10.2 Å². The monoisotopic (exact) mass is 433 g/mol. The van der Waals surface area contributed by atoms with Crippen LogP contribution in [0.2, 0.25) is 0 Å². The molecule has 1 saturated carbocycles. The highest BCUT2D eigenvalue weighted by Crippen LogP contribution is 2.39. The van der Waals surface area contributed by atoms with E-state index in [4.69, 9.17) is 9.26 Å². The summed E-state index contributed by atoms with van der Waals surface area (Å²) in [4.78, 5) is 4.52. The fourth-order valence-corrected chi connectivity index (χ4v) is 4.20. The molecule has 2 aromatic heterocycles. The molecule has 0 amide bonds. The Balaban J connectivity index is 1.37. The molecule has 1 aliphatic carbocycles. The van der Waals surface area contributed by atoms with Crippen LogP contribution in [0.25, 0.3) is 11.4 Å². The number of ether oxygens (including phenoxy) is 1. The fourth-order valence-electron chi connectivity index (χ4n) is 3.39. The first kappa shape index (κ1) is 19.8. The fraction of sp³-hybridized carbons (Fsp3) is 0.304. The van der Waals surface area contributed by atoms with Crippen molar-refractivity contribution in [3.05, 3.63) is 71.9 Å². The van der Waals surface area contributed by atoms with E-state index < -0.39 is 0 Å². The van der Waals surface area contributed by atoms with E-state index in [0.717, 1.165) is 54.0 Å². The van der Waals surface area contributed by atoms with Gasteiger partial charge in [0.1, 0.15) is 5.75 Å². The quantitative estimate of drug-likeness (QED) is 0.352. The van der Waals surface area contributed by atoms with Crippen molar-refractivity contribution in [3.8, 4) is 17.1 Å². The molecule has 0 N–H and O–H groups in total. The molecule has 31 heavy (non-hydrogen) atoms. The van der Waals surface area contributed by atoms with Gasteiger partial charge in [-0.1, -0.05) is 47.3 Å². The number of aryl methyl sites for hydroxylation is 1. The summed E-state index contributed by atoms with van der Waals surface area (Å²) >= 11 is 1.58. The van der Waals surface area contributed by atoms with Gasteiger partial charge in [0.2, 0.25) is 5.89 Å². The summed E-state index contributed by atoms with van der Waals surface area (Å²) in [6.45, 7) is 0.778. The van der Waals surface area contributed by atoms with Gasteiger partial charge in [0.25, 0.3) is 0 Å². The average Bonchev–Trinajstić information content (AvgIpc) is 3.42. The Kier molecular flexibility index (Phi) is 5.71. The van der Waals surface area contributed by atoms with Crippen molar-refractivity contribution in [1.29, 1.82) is 0 Å². The van der Waals surface area contributed by atoms with Crippen LogP contribution in [0.3, 0.4) is 0 Å². The minimum absolute atomic E-state index is 0.461. The summed E-state index contributed by atoms with van der Waals surface area (Å²) in [5, 5.41) is 13.9. The maximum absolute atomic E-state index is 5.38. The van der Waals surface area contributed by atoms with E-state index in [0.29, 0.717) is 17.5 Å². The van der Waals surface area contributed by atoms with Gasteiger partial charge in [-0.05, 0) is 49.1 Å². The third-order valence-electron chi connectivity index (χ3n) is 5.27. The van der Waals surface area contributed by atoms with E-state index in [1.165, 1.54) is 5.56 Å². The minimum Gasteiger partial charge on any atom is -0.497 e. The number of methoxy groups -OCH3 is 1. The molecule has 5 rings (SSSR count). The molecule has 0 spiro atoms. The average molecular weight is 434 g/mol. The first-order valence-electron chi connectivity index (χ1n) is 10.4. The highest BCUT2D eigenvalue weighted by atomic mass is 32.2. The van der Waals surface area contributed by atoms with Crippen LogP contribution >= 0.6 is 11.8 Å². The lowest BCUT2D eigenvalue weighted by Crippen LogP contribution is -2.05. The largest absolute Gasteiger partial charge is 0.497 e. The van der Waals surface area contributed by atoms with Crippen LogP contribution in [-0.4, -0.2) is 32.0 Å². The molecule has 7 nitrogen and oxygen atoms in total. The number of thioether (sulfide) groups is 1. The van der Waals surface area contributed by atoms with Crippen molar-refractivity contribution >= 4 is 11.8 Å². The lowest BCUT2D eigenvalue weighted by molar-refractivity contribution is 0.375. The lowest BCUT2D eigenvalue weighted by Gasteiger charge is -2.10. The van der Waals surface area contributed by atoms with E-state index in [9.17, 15) is 0 Å². The molecule has 0 radical (unpaired) electrons. The molecule has 158 valence electrons. The summed E-state index contributed by atoms with van der Waals surface area (Å²) in [6, 6.07) is 18.4. The van der Waals surface area contributed by atoms with E-state index in [-0.39, 0.29) is 0 Å². The Hall–Kier alpha value is -3.13. The zero-order chi connectivity index (χ0) is 21.0. The number of benzene rings is 2. The molecular formula is C23H23N5O2S. The van der Waals surface area contributed by atoms with Gasteiger partial charge < -0.3 is 13.8 Å². The summed E-state index contributed by atoms with van der Waals surface area (Å²) in [7, 11) is 1.67. The van der Waals surface area contributed by atoms with Crippen LogP contribution in [-0.2, 0) is 18.7 Å². The highest BCUT2D eigenvalue weighted by molar-refractivity contribution is 7.98. The molecule has 4 aromatic rings. The third-order valence-corrected chi connectivity index (χ3v) is 6.24. The maximum Gasteiger partial charge on any atom is 0.229 e. The second kappa shape index (κ2) is 8.93. The molecule has 0 saturated heterocycles.